The third-order valence-electron chi connectivity index (χ3n) is 4.14. The molecule has 1 aromatic carbocycles. The molecule has 23 heavy (non-hydrogen) atoms. The lowest BCUT2D eigenvalue weighted by atomic mass is 9.90. The van der Waals surface area contributed by atoms with Crippen LogP contribution in [0.15, 0.2) is 36.5 Å². The van der Waals surface area contributed by atoms with Crippen LogP contribution in [0.3, 0.4) is 0 Å². The van der Waals surface area contributed by atoms with E-state index in [1.54, 1.807) is 6.20 Å². The number of carbonyl (C=O) groups excluding carboxylic acids is 1. The number of rotatable bonds is 4. The summed E-state index contributed by atoms with van der Waals surface area (Å²) in [5.74, 6) is 1.35. The maximum absolute atomic E-state index is 11.1. The second-order valence-electron chi connectivity index (χ2n) is 5.87. The highest BCUT2D eigenvalue weighted by molar-refractivity contribution is 6.28. The molecular formula is C17H19ClN4O. The molecule has 0 radical (unpaired) electrons. The van der Waals surface area contributed by atoms with Gasteiger partial charge in [0.2, 0.25) is 11.2 Å². The molecule has 1 aliphatic heterocycles. The van der Waals surface area contributed by atoms with Crippen LogP contribution in [0.25, 0.3) is 0 Å². The van der Waals surface area contributed by atoms with Crippen LogP contribution < -0.4 is 10.2 Å². The second kappa shape index (κ2) is 6.54. The summed E-state index contributed by atoms with van der Waals surface area (Å²) in [7, 11) is 0. The van der Waals surface area contributed by atoms with Gasteiger partial charge in [0.15, 0.2) is 0 Å². The molecule has 1 saturated heterocycles. The Bertz CT molecular complexity index is 698. The number of nitrogens with one attached hydrogen (secondary N) is 1. The van der Waals surface area contributed by atoms with Crippen molar-refractivity contribution >= 4 is 23.3 Å². The quantitative estimate of drug-likeness (QED) is 0.876. The van der Waals surface area contributed by atoms with Gasteiger partial charge in [0.05, 0.1) is 6.04 Å². The lowest BCUT2D eigenvalue weighted by molar-refractivity contribution is -0.119. The number of aromatic nitrogens is 2. The number of hydrogen-bond acceptors (Lipinski definition) is 4. The molecule has 0 spiro atoms. The molecule has 2 heterocycles. The Morgan fingerprint density at radius 2 is 2.00 bits per heavy atom. The average Bonchev–Trinajstić information content (AvgIpc) is 2.46. The third kappa shape index (κ3) is 3.62. The second-order valence-corrected chi connectivity index (χ2v) is 6.21. The van der Waals surface area contributed by atoms with Crippen LogP contribution in [0.4, 0.5) is 5.82 Å². The summed E-state index contributed by atoms with van der Waals surface area (Å²) in [4.78, 5) is 21.4. The Balaban J connectivity index is 1.61. The molecule has 120 valence electrons. The summed E-state index contributed by atoms with van der Waals surface area (Å²) in [5.41, 5.74) is 2.42. The van der Waals surface area contributed by atoms with E-state index in [0.717, 1.165) is 24.5 Å². The molecule has 1 aliphatic rings. The van der Waals surface area contributed by atoms with E-state index in [1.165, 1.54) is 12.5 Å². The largest absolute Gasteiger partial charge is 0.355 e. The van der Waals surface area contributed by atoms with Crippen LogP contribution in [0.2, 0.25) is 5.28 Å². The smallest absolute Gasteiger partial charge is 0.224 e. The normalized spacial score (nSPS) is 15.9. The molecule has 1 N–H and O–H groups in total. The monoisotopic (exact) mass is 330 g/mol. The molecule has 0 saturated carbocycles. The van der Waals surface area contributed by atoms with Crippen molar-refractivity contribution in [3.63, 3.8) is 0 Å². The van der Waals surface area contributed by atoms with Gasteiger partial charge < -0.3 is 10.2 Å². The first kappa shape index (κ1) is 15.7. The van der Waals surface area contributed by atoms with Crippen molar-refractivity contribution < 1.29 is 4.79 Å². The predicted octanol–water partition coefficient (Wildman–Crippen LogP) is 2.93. The molecule has 2 aromatic rings. The highest BCUT2D eigenvalue weighted by Crippen LogP contribution is 2.31. The van der Waals surface area contributed by atoms with Crippen molar-refractivity contribution in [1.29, 1.82) is 0 Å². The maximum atomic E-state index is 11.1. The minimum atomic E-state index is -0.0141. The van der Waals surface area contributed by atoms with Crippen LogP contribution in [-0.2, 0) is 4.79 Å². The number of benzene rings is 1. The summed E-state index contributed by atoms with van der Waals surface area (Å²) >= 11 is 5.83. The zero-order valence-corrected chi connectivity index (χ0v) is 13.9. The fourth-order valence-electron chi connectivity index (χ4n) is 2.82. The fraction of sp³-hybridized carbons (Fsp3) is 0.353. The number of hydrogen-bond donors (Lipinski definition) is 1. The van der Waals surface area contributed by atoms with Gasteiger partial charge in [-0.1, -0.05) is 24.3 Å². The molecule has 1 fully saturated rings. The molecule has 0 bridgehead atoms. The van der Waals surface area contributed by atoms with Crippen molar-refractivity contribution in [3.05, 3.63) is 52.9 Å². The Morgan fingerprint density at radius 1 is 1.30 bits per heavy atom. The minimum Gasteiger partial charge on any atom is -0.355 e. The van der Waals surface area contributed by atoms with E-state index in [-0.39, 0.29) is 17.2 Å². The SMILES string of the molecule is CC(=O)NC(C)c1ccc(C2CN(c3ccnc(Cl)n3)C2)cc1. The summed E-state index contributed by atoms with van der Waals surface area (Å²) < 4.78 is 0. The fourth-order valence-corrected chi connectivity index (χ4v) is 2.97. The summed E-state index contributed by atoms with van der Waals surface area (Å²) in [6, 6.07) is 10.4. The highest BCUT2D eigenvalue weighted by Gasteiger charge is 2.29. The van der Waals surface area contributed by atoms with Crippen molar-refractivity contribution in [2.45, 2.75) is 25.8 Å². The summed E-state index contributed by atoms with van der Waals surface area (Å²) in [5, 5.41) is 3.18. The Morgan fingerprint density at radius 3 is 2.61 bits per heavy atom. The molecule has 1 atom stereocenters. The lowest BCUT2D eigenvalue weighted by Crippen LogP contribution is -2.45. The summed E-state index contributed by atoms with van der Waals surface area (Å²) in [6.07, 6.45) is 1.68. The van der Waals surface area contributed by atoms with Crippen molar-refractivity contribution in [1.82, 2.24) is 15.3 Å². The van der Waals surface area contributed by atoms with Gasteiger partial charge in [0.25, 0.3) is 0 Å². The maximum Gasteiger partial charge on any atom is 0.224 e. The Labute approximate surface area is 140 Å². The van der Waals surface area contributed by atoms with Gasteiger partial charge in [-0.25, -0.2) is 9.97 Å². The molecule has 1 unspecified atom stereocenters. The molecule has 3 rings (SSSR count). The number of halogens is 1. The van der Waals surface area contributed by atoms with Crippen LogP contribution in [-0.4, -0.2) is 29.0 Å². The van der Waals surface area contributed by atoms with Gasteiger partial charge in [-0.05, 0) is 35.7 Å². The first-order valence-electron chi connectivity index (χ1n) is 7.63. The first-order valence-corrected chi connectivity index (χ1v) is 8.01. The first-order chi connectivity index (χ1) is 11.0. The number of anilines is 1. The van der Waals surface area contributed by atoms with E-state index < -0.39 is 0 Å². The molecule has 0 aliphatic carbocycles. The van der Waals surface area contributed by atoms with Gasteiger partial charge in [-0.2, -0.15) is 0 Å². The van der Waals surface area contributed by atoms with Crippen LogP contribution >= 0.6 is 11.6 Å². The van der Waals surface area contributed by atoms with Crippen LogP contribution in [0.1, 0.15) is 36.9 Å². The van der Waals surface area contributed by atoms with E-state index in [4.69, 9.17) is 11.6 Å². The summed E-state index contributed by atoms with van der Waals surface area (Å²) in [6.45, 7) is 5.37. The lowest BCUT2D eigenvalue weighted by Gasteiger charge is -2.40. The number of amides is 1. The third-order valence-corrected chi connectivity index (χ3v) is 4.33. The molecule has 1 amide bonds. The molecule has 5 nitrogen and oxygen atoms in total. The standard InChI is InChI=1S/C17H19ClN4O/c1-11(20-12(2)23)13-3-5-14(6-4-13)15-9-22(10-15)16-7-8-19-17(18)21-16/h3-8,11,15H,9-10H2,1-2H3,(H,20,23). The van der Waals surface area contributed by atoms with Gasteiger partial charge in [-0.15, -0.1) is 0 Å². The van der Waals surface area contributed by atoms with Gasteiger partial charge in [-0.3, -0.25) is 4.79 Å². The molecule has 6 heteroatoms. The van der Waals surface area contributed by atoms with Crippen molar-refractivity contribution in [2.24, 2.45) is 0 Å². The van der Waals surface area contributed by atoms with E-state index in [0.29, 0.717) is 5.92 Å². The Hall–Kier alpha value is -2.14. The highest BCUT2D eigenvalue weighted by atomic mass is 35.5. The van der Waals surface area contributed by atoms with Gasteiger partial charge in [0.1, 0.15) is 5.82 Å². The van der Waals surface area contributed by atoms with E-state index >= 15 is 0 Å². The van der Waals surface area contributed by atoms with Gasteiger partial charge >= 0.3 is 0 Å². The Kier molecular flexibility index (Phi) is 4.48. The van der Waals surface area contributed by atoms with Crippen LogP contribution in [0, 0.1) is 0 Å². The van der Waals surface area contributed by atoms with Gasteiger partial charge in [0, 0.05) is 32.1 Å². The van der Waals surface area contributed by atoms with Crippen LogP contribution in [0.5, 0.6) is 0 Å². The van der Waals surface area contributed by atoms with Crippen molar-refractivity contribution in [2.75, 3.05) is 18.0 Å². The van der Waals surface area contributed by atoms with E-state index in [1.807, 2.05) is 13.0 Å². The minimum absolute atomic E-state index is 0.0141. The van der Waals surface area contributed by atoms with E-state index in [2.05, 4.69) is 44.5 Å². The van der Waals surface area contributed by atoms with Crippen molar-refractivity contribution in [3.8, 4) is 0 Å². The number of nitrogens with zero attached hydrogens (tertiary/aromatic N) is 3. The predicted molar refractivity (Wildman–Crippen MR) is 90.7 cm³/mol. The molecule has 1 aromatic heterocycles. The zero-order valence-electron chi connectivity index (χ0n) is 13.2. The average molecular weight is 331 g/mol. The molecular weight excluding hydrogens is 312 g/mol. The zero-order chi connectivity index (χ0) is 16.4. The van der Waals surface area contributed by atoms with E-state index in [9.17, 15) is 4.79 Å². The number of carbonyl (C=O) groups is 1. The topological polar surface area (TPSA) is 58.1 Å².